The van der Waals surface area contributed by atoms with Gasteiger partial charge in [0.2, 0.25) is 5.91 Å². The summed E-state index contributed by atoms with van der Waals surface area (Å²) in [5.41, 5.74) is 7.40. The number of ether oxygens (including phenoxy) is 4. The molecule has 1 unspecified atom stereocenters. The molecule has 0 radical (unpaired) electrons. The summed E-state index contributed by atoms with van der Waals surface area (Å²) in [5.74, 6) is -0.284. The van der Waals surface area contributed by atoms with Gasteiger partial charge in [0.05, 0.1) is 19.8 Å². The molecule has 1 saturated heterocycles. The van der Waals surface area contributed by atoms with Crippen LogP contribution in [0.2, 0.25) is 5.02 Å². The molecule has 0 aliphatic carbocycles. The number of aliphatic hydroxyl groups excluding tert-OH is 1. The molecule has 0 spiro atoms. The molecule has 9 heteroatoms. The first kappa shape index (κ1) is 27.5. The summed E-state index contributed by atoms with van der Waals surface area (Å²) in [6.45, 7) is 0.742. The number of rotatable bonds is 11. The predicted molar refractivity (Wildman–Crippen MR) is 141 cm³/mol. The lowest BCUT2D eigenvalue weighted by Gasteiger charge is -2.44. The predicted octanol–water partition coefficient (Wildman–Crippen LogP) is 3.16. The van der Waals surface area contributed by atoms with E-state index >= 15 is 0 Å². The molecular formula is C28H33ClN2O6. The van der Waals surface area contributed by atoms with Gasteiger partial charge in [-0.15, -0.1) is 0 Å². The minimum absolute atomic E-state index is 0.120. The van der Waals surface area contributed by atoms with Crippen LogP contribution in [0.5, 0.6) is 0 Å². The van der Waals surface area contributed by atoms with E-state index in [9.17, 15) is 9.90 Å². The molecule has 1 aliphatic rings. The minimum atomic E-state index is -1.07. The highest BCUT2D eigenvalue weighted by atomic mass is 35.5. The zero-order chi connectivity index (χ0) is 26.2. The van der Waals surface area contributed by atoms with Gasteiger partial charge in [0.25, 0.3) is 0 Å². The molecule has 8 nitrogen and oxygen atoms in total. The van der Waals surface area contributed by atoms with Crippen molar-refractivity contribution >= 4 is 28.3 Å². The standard InChI is InChI=1S/C28H33ClN2O6/c1-34-17-23-26(33)27(35-16-19-6-9-20-4-2-3-5-21(20)14-19)25(31-24(32)12-13-30)28(37-23)36-15-18-7-10-22(29)11-8-18/h2-11,14,23,25-28,33H,12-13,15-17,30H2,1H3,(H,31,32)/t23-,25-,26-,27+,28?/m1/s1. The Kier molecular flexibility index (Phi) is 9.88. The number of aliphatic hydroxyl groups is 1. The van der Waals surface area contributed by atoms with Gasteiger partial charge in [-0.05, 0) is 40.1 Å². The first-order valence-electron chi connectivity index (χ1n) is 12.3. The number of halogens is 1. The Labute approximate surface area is 221 Å². The maximum Gasteiger partial charge on any atom is 0.221 e. The third kappa shape index (κ3) is 7.27. The molecule has 1 aliphatic heterocycles. The largest absolute Gasteiger partial charge is 0.388 e. The zero-order valence-corrected chi connectivity index (χ0v) is 21.5. The van der Waals surface area contributed by atoms with E-state index in [2.05, 4.69) is 5.32 Å². The molecule has 5 atom stereocenters. The normalized spacial score (nSPS) is 23.7. The second-order valence-corrected chi connectivity index (χ2v) is 9.45. The van der Waals surface area contributed by atoms with Gasteiger partial charge in [0.15, 0.2) is 6.29 Å². The Balaban J connectivity index is 1.55. The van der Waals surface area contributed by atoms with E-state index in [1.54, 1.807) is 12.1 Å². The number of benzene rings is 3. The molecule has 0 bridgehead atoms. The molecule has 3 aromatic rings. The van der Waals surface area contributed by atoms with Gasteiger partial charge < -0.3 is 35.1 Å². The average Bonchev–Trinajstić information content (AvgIpc) is 2.90. The van der Waals surface area contributed by atoms with Crippen LogP contribution in [0.25, 0.3) is 10.8 Å². The summed E-state index contributed by atoms with van der Waals surface area (Å²) >= 11 is 6.00. The second kappa shape index (κ2) is 13.3. The van der Waals surface area contributed by atoms with Crippen molar-refractivity contribution < 1.29 is 28.8 Å². The second-order valence-electron chi connectivity index (χ2n) is 9.02. The Morgan fingerprint density at radius 3 is 2.46 bits per heavy atom. The van der Waals surface area contributed by atoms with E-state index in [4.69, 9.17) is 36.3 Å². The first-order chi connectivity index (χ1) is 18.0. The van der Waals surface area contributed by atoms with Crippen LogP contribution in [0.1, 0.15) is 17.5 Å². The number of hydrogen-bond donors (Lipinski definition) is 3. The highest BCUT2D eigenvalue weighted by molar-refractivity contribution is 6.30. The van der Waals surface area contributed by atoms with Gasteiger partial charge in [-0.1, -0.05) is 60.1 Å². The lowest BCUT2D eigenvalue weighted by Crippen LogP contribution is -2.65. The average molecular weight is 529 g/mol. The van der Waals surface area contributed by atoms with Gasteiger partial charge in [-0.2, -0.15) is 0 Å². The molecule has 0 saturated carbocycles. The quantitative estimate of drug-likeness (QED) is 0.350. The first-order valence-corrected chi connectivity index (χ1v) is 12.6. The third-order valence-electron chi connectivity index (χ3n) is 6.29. The van der Waals surface area contributed by atoms with Crippen molar-refractivity contribution in [2.45, 2.75) is 50.3 Å². The van der Waals surface area contributed by atoms with E-state index in [0.29, 0.717) is 5.02 Å². The van der Waals surface area contributed by atoms with E-state index in [1.807, 2.05) is 54.6 Å². The summed E-state index contributed by atoms with van der Waals surface area (Å²) in [4.78, 5) is 12.6. The van der Waals surface area contributed by atoms with Crippen molar-refractivity contribution in [3.05, 3.63) is 82.9 Å². The molecule has 1 amide bonds. The number of nitrogens with one attached hydrogen (secondary N) is 1. The number of nitrogens with two attached hydrogens (primary N) is 1. The molecule has 3 aromatic carbocycles. The number of methoxy groups -OCH3 is 1. The third-order valence-corrected chi connectivity index (χ3v) is 6.54. The van der Waals surface area contributed by atoms with Crippen LogP contribution in [0.3, 0.4) is 0 Å². The summed E-state index contributed by atoms with van der Waals surface area (Å²) < 4.78 is 23.7. The molecule has 1 fully saturated rings. The van der Waals surface area contributed by atoms with Crippen LogP contribution in [-0.2, 0) is 37.0 Å². The number of hydrogen-bond acceptors (Lipinski definition) is 7. The number of carbonyl (C=O) groups is 1. The molecule has 1 heterocycles. The van der Waals surface area contributed by atoms with Gasteiger partial charge >= 0.3 is 0 Å². The maximum atomic E-state index is 12.6. The van der Waals surface area contributed by atoms with Crippen LogP contribution in [-0.4, -0.2) is 61.9 Å². The van der Waals surface area contributed by atoms with Crippen molar-refractivity contribution in [3.63, 3.8) is 0 Å². The molecule has 0 aromatic heterocycles. The SMILES string of the molecule is COC[C@H]1OC(OCc2ccc(Cl)cc2)[C@H](NC(=O)CCN)[C@H](OCc2ccc3ccccc3c2)[C@@H]1O. The van der Waals surface area contributed by atoms with E-state index in [1.165, 1.54) is 7.11 Å². The smallest absolute Gasteiger partial charge is 0.221 e. The Hall–Kier alpha value is -2.56. The van der Waals surface area contributed by atoms with E-state index < -0.39 is 30.6 Å². The van der Waals surface area contributed by atoms with Crippen LogP contribution in [0.15, 0.2) is 66.7 Å². The van der Waals surface area contributed by atoms with Crippen LogP contribution < -0.4 is 11.1 Å². The Morgan fingerprint density at radius 2 is 1.73 bits per heavy atom. The summed E-state index contributed by atoms with van der Waals surface area (Å²) in [5, 5.41) is 16.9. The van der Waals surface area contributed by atoms with Gasteiger partial charge in [0.1, 0.15) is 24.4 Å². The lowest BCUT2D eigenvalue weighted by molar-refractivity contribution is -0.282. The maximum absolute atomic E-state index is 12.6. The molecular weight excluding hydrogens is 496 g/mol. The molecule has 4 N–H and O–H groups in total. The van der Waals surface area contributed by atoms with Crippen molar-refractivity contribution in [1.29, 1.82) is 0 Å². The van der Waals surface area contributed by atoms with Crippen LogP contribution >= 0.6 is 11.6 Å². The van der Waals surface area contributed by atoms with Gasteiger partial charge in [-0.3, -0.25) is 4.79 Å². The van der Waals surface area contributed by atoms with Crippen LogP contribution in [0.4, 0.5) is 0 Å². The highest BCUT2D eigenvalue weighted by Gasteiger charge is 2.47. The fraction of sp³-hybridized carbons (Fsp3) is 0.393. The van der Waals surface area contributed by atoms with Gasteiger partial charge in [0, 0.05) is 25.1 Å². The van der Waals surface area contributed by atoms with Crippen molar-refractivity contribution in [1.82, 2.24) is 5.32 Å². The molecule has 4 rings (SSSR count). The lowest BCUT2D eigenvalue weighted by atomic mass is 9.96. The minimum Gasteiger partial charge on any atom is -0.388 e. The Morgan fingerprint density at radius 1 is 1.03 bits per heavy atom. The fourth-order valence-electron chi connectivity index (χ4n) is 4.38. The summed E-state index contributed by atoms with van der Waals surface area (Å²) in [6, 6.07) is 20.6. The number of amides is 1. The van der Waals surface area contributed by atoms with Crippen molar-refractivity contribution in [2.24, 2.45) is 5.73 Å². The Bertz CT molecular complexity index is 1160. The van der Waals surface area contributed by atoms with E-state index in [-0.39, 0.29) is 38.7 Å². The topological polar surface area (TPSA) is 112 Å². The number of carbonyl (C=O) groups excluding carboxylic acids is 1. The molecule has 37 heavy (non-hydrogen) atoms. The van der Waals surface area contributed by atoms with E-state index in [0.717, 1.165) is 21.9 Å². The fourth-order valence-corrected chi connectivity index (χ4v) is 4.51. The monoisotopic (exact) mass is 528 g/mol. The number of fused-ring (bicyclic) bond motifs is 1. The summed E-state index contributed by atoms with van der Waals surface area (Å²) in [7, 11) is 1.53. The van der Waals surface area contributed by atoms with Crippen molar-refractivity contribution in [2.75, 3.05) is 20.3 Å². The van der Waals surface area contributed by atoms with Gasteiger partial charge in [-0.25, -0.2) is 0 Å². The zero-order valence-electron chi connectivity index (χ0n) is 20.7. The van der Waals surface area contributed by atoms with Crippen LogP contribution in [0, 0.1) is 0 Å². The highest BCUT2D eigenvalue weighted by Crippen LogP contribution is 2.27. The summed E-state index contributed by atoms with van der Waals surface area (Å²) in [6.07, 6.45) is -3.39. The van der Waals surface area contributed by atoms with Crippen molar-refractivity contribution in [3.8, 4) is 0 Å². The molecule has 198 valence electrons.